The number of amidine groups is 1. The van der Waals surface area contributed by atoms with E-state index in [0.717, 1.165) is 5.56 Å². The summed E-state index contributed by atoms with van der Waals surface area (Å²) in [5.74, 6) is 0.776. The third-order valence-corrected chi connectivity index (χ3v) is 3.54. The summed E-state index contributed by atoms with van der Waals surface area (Å²) in [5, 5.41) is 4.87. The lowest BCUT2D eigenvalue weighted by atomic mass is 10.1. The third kappa shape index (κ3) is 3.28. The van der Waals surface area contributed by atoms with E-state index in [2.05, 4.69) is 25.7 Å². The number of nitrogens with one attached hydrogen (secondary N) is 2. The van der Waals surface area contributed by atoms with Gasteiger partial charge in [-0.1, -0.05) is 6.07 Å². The van der Waals surface area contributed by atoms with Gasteiger partial charge in [0.05, 0.1) is 18.4 Å². The molecular weight excluding hydrogens is 324 g/mol. The van der Waals surface area contributed by atoms with Crippen LogP contribution >= 0.6 is 0 Å². The van der Waals surface area contributed by atoms with Crippen molar-refractivity contribution in [3.05, 3.63) is 35.5 Å². The Morgan fingerprint density at radius 1 is 1.44 bits per heavy atom. The average Bonchev–Trinajstić information content (AvgIpc) is 3.00. The first-order valence-electron chi connectivity index (χ1n) is 7.38. The van der Waals surface area contributed by atoms with Crippen LogP contribution in [0, 0.1) is 0 Å². The zero-order chi connectivity index (χ0) is 18.0. The van der Waals surface area contributed by atoms with E-state index in [0.29, 0.717) is 23.9 Å². The molecule has 0 radical (unpaired) electrons. The lowest BCUT2D eigenvalue weighted by molar-refractivity contribution is 0.100. The molecule has 2 heterocycles. The van der Waals surface area contributed by atoms with Gasteiger partial charge in [0.25, 0.3) is 5.91 Å². The van der Waals surface area contributed by atoms with E-state index < -0.39 is 5.91 Å². The van der Waals surface area contributed by atoms with Gasteiger partial charge in [-0.25, -0.2) is 15.0 Å². The quantitative estimate of drug-likeness (QED) is 0.597. The molecule has 0 aliphatic carbocycles. The van der Waals surface area contributed by atoms with Crippen LogP contribution in [-0.2, 0) is 0 Å². The fraction of sp³-hybridized carbons (Fsp3) is 0.200. The smallest absolute Gasteiger partial charge is 0.254 e. The van der Waals surface area contributed by atoms with Gasteiger partial charge in [-0.15, -0.1) is 0 Å². The van der Waals surface area contributed by atoms with E-state index in [1.165, 1.54) is 6.20 Å². The summed E-state index contributed by atoms with van der Waals surface area (Å²) >= 11 is 0. The van der Waals surface area contributed by atoms with Crippen molar-refractivity contribution in [1.29, 1.82) is 0 Å². The van der Waals surface area contributed by atoms with Crippen molar-refractivity contribution in [3.8, 4) is 5.75 Å². The summed E-state index contributed by atoms with van der Waals surface area (Å²) in [6.07, 6.45) is 1.28. The van der Waals surface area contributed by atoms with Crippen molar-refractivity contribution in [2.24, 2.45) is 10.7 Å². The number of carbonyl (C=O) groups is 1. The Morgan fingerprint density at radius 2 is 2.24 bits per heavy atom. The number of amides is 1. The van der Waals surface area contributed by atoms with Crippen LogP contribution in [0.3, 0.4) is 0 Å². The van der Waals surface area contributed by atoms with Crippen molar-refractivity contribution in [2.45, 2.75) is 0 Å². The second-order valence-corrected chi connectivity index (χ2v) is 5.32. The number of ether oxygens (including phenoxy) is 1. The average molecular weight is 342 g/mol. The van der Waals surface area contributed by atoms with E-state index in [-0.39, 0.29) is 17.3 Å². The van der Waals surface area contributed by atoms with Crippen molar-refractivity contribution >= 4 is 29.2 Å². The number of nitrogen functional groups attached to an aromatic ring is 1. The van der Waals surface area contributed by atoms with Gasteiger partial charge in [-0.05, 0) is 12.1 Å². The number of para-hydroxylation sites is 1. The van der Waals surface area contributed by atoms with Crippen LogP contribution in [0.4, 0.5) is 17.5 Å². The topological polar surface area (TPSA) is 144 Å². The van der Waals surface area contributed by atoms with Gasteiger partial charge in [0.2, 0.25) is 5.95 Å². The first kappa shape index (κ1) is 16.5. The molecule has 0 atom stereocenters. The summed E-state index contributed by atoms with van der Waals surface area (Å²) in [7, 11) is 3.43. The van der Waals surface area contributed by atoms with Gasteiger partial charge in [0.15, 0.2) is 5.75 Å². The molecule has 0 bridgehead atoms. The predicted molar refractivity (Wildman–Crippen MR) is 93.5 cm³/mol. The minimum atomic E-state index is -0.666. The minimum absolute atomic E-state index is 0.0195. The van der Waals surface area contributed by atoms with E-state index in [1.54, 1.807) is 13.2 Å². The number of hydrogen-bond acceptors (Lipinski definition) is 9. The van der Waals surface area contributed by atoms with Crippen molar-refractivity contribution in [3.63, 3.8) is 0 Å². The summed E-state index contributed by atoms with van der Waals surface area (Å²) < 4.78 is 5.53. The molecule has 1 amide bonds. The molecule has 1 aromatic carbocycles. The fourth-order valence-corrected chi connectivity index (χ4v) is 2.41. The SMILES string of the molecule is COc1c(Nc2nc(N)ncc2C(N)=O)cccc1C1=NCN(C)N1. The van der Waals surface area contributed by atoms with Gasteiger partial charge in [0.1, 0.15) is 23.9 Å². The summed E-state index contributed by atoms with van der Waals surface area (Å²) in [5.41, 5.74) is 15.6. The van der Waals surface area contributed by atoms with E-state index in [1.807, 2.05) is 24.2 Å². The molecule has 1 aliphatic heterocycles. The number of primary amides is 1. The molecule has 0 saturated heterocycles. The zero-order valence-electron chi connectivity index (χ0n) is 13.8. The molecule has 0 spiro atoms. The molecular formula is C15H18N8O2. The largest absolute Gasteiger partial charge is 0.494 e. The highest BCUT2D eigenvalue weighted by Crippen LogP contribution is 2.32. The van der Waals surface area contributed by atoms with Gasteiger partial charge in [0, 0.05) is 13.2 Å². The van der Waals surface area contributed by atoms with E-state index >= 15 is 0 Å². The van der Waals surface area contributed by atoms with Crippen LogP contribution in [0.2, 0.25) is 0 Å². The Labute approximate surface area is 143 Å². The maximum absolute atomic E-state index is 11.6. The fourth-order valence-electron chi connectivity index (χ4n) is 2.41. The lowest BCUT2D eigenvalue weighted by Crippen LogP contribution is -2.32. The second kappa shape index (κ2) is 6.61. The maximum Gasteiger partial charge on any atom is 0.254 e. The highest BCUT2D eigenvalue weighted by atomic mass is 16.5. The Hall–Kier alpha value is -3.40. The normalized spacial score (nSPS) is 13.9. The number of carbonyl (C=O) groups excluding carboxylic acids is 1. The number of methoxy groups -OCH3 is 1. The van der Waals surface area contributed by atoms with Gasteiger partial charge in [-0.3, -0.25) is 4.79 Å². The number of hydrazine groups is 1. The van der Waals surface area contributed by atoms with Gasteiger partial charge in [-0.2, -0.15) is 4.98 Å². The first-order valence-corrected chi connectivity index (χ1v) is 7.38. The Kier molecular flexibility index (Phi) is 4.35. The molecule has 2 aromatic rings. The van der Waals surface area contributed by atoms with E-state index in [9.17, 15) is 4.79 Å². The lowest BCUT2D eigenvalue weighted by Gasteiger charge is -2.16. The number of aromatic nitrogens is 2. The number of aliphatic imine (C=N–C) groups is 1. The van der Waals surface area contributed by atoms with Gasteiger partial charge >= 0.3 is 0 Å². The molecule has 25 heavy (non-hydrogen) atoms. The maximum atomic E-state index is 11.6. The molecule has 3 rings (SSSR count). The number of nitrogens with two attached hydrogens (primary N) is 2. The number of anilines is 3. The van der Waals surface area contributed by atoms with Gasteiger partial charge < -0.3 is 26.9 Å². The Bertz CT molecular complexity index is 851. The number of benzene rings is 1. The molecule has 10 heteroatoms. The summed E-state index contributed by atoms with van der Waals surface area (Å²) in [4.78, 5) is 23.8. The van der Waals surface area contributed by atoms with Crippen LogP contribution in [0.1, 0.15) is 15.9 Å². The van der Waals surface area contributed by atoms with Crippen LogP contribution in [0.25, 0.3) is 0 Å². The number of rotatable bonds is 5. The van der Waals surface area contributed by atoms with Crippen molar-refractivity contribution < 1.29 is 9.53 Å². The molecule has 130 valence electrons. The standard InChI is InChI=1S/C15H18N8O2/c1-23-7-19-13(22-23)8-4-3-5-10(11(8)25-2)20-14-9(12(16)24)6-18-15(17)21-14/h3-6H,7H2,1-2H3,(H2,16,24)(H,19,22)(H3,17,18,20,21). The van der Waals surface area contributed by atoms with E-state index in [4.69, 9.17) is 16.2 Å². The van der Waals surface area contributed by atoms with Crippen LogP contribution in [0.5, 0.6) is 5.75 Å². The minimum Gasteiger partial charge on any atom is -0.494 e. The van der Waals surface area contributed by atoms with Crippen molar-refractivity contribution in [2.75, 3.05) is 31.9 Å². The molecule has 1 aliphatic rings. The predicted octanol–water partition coefficient (Wildman–Crippen LogP) is 0.0640. The highest BCUT2D eigenvalue weighted by Gasteiger charge is 2.20. The molecule has 6 N–H and O–H groups in total. The van der Waals surface area contributed by atoms with Crippen molar-refractivity contribution in [1.82, 2.24) is 20.4 Å². The third-order valence-electron chi connectivity index (χ3n) is 3.54. The zero-order valence-corrected chi connectivity index (χ0v) is 13.8. The summed E-state index contributed by atoms with van der Waals surface area (Å²) in [6.45, 7) is 0.532. The molecule has 1 aromatic heterocycles. The molecule has 0 saturated carbocycles. The monoisotopic (exact) mass is 342 g/mol. The molecule has 10 nitrogen and oxygen atoms in total. The van der Waals surface area contributed by atoms with Crippen LogP contribution < -0.4 is 26.9 Å². The Morgan fingerprint density at radius 3 is 2.88 bits per heavy atom. The van der Waals surface area contributed by atoms with Crippen LogP contribution in [0.15, 0.2) is 29.4 Å². The molecule has 0 fully saturated rings. The Balaban J connectivity index is 2.02. The molecule has 0 unspecified atom stereocenters. The first-order chi connectivity index (χ1) is 12.0. The number of hydrogen-bond donors (Lipinski definition) is 4. The summed E-state index contributed by atoms with van der Waals surface area (Å²) in [6, 6.07) is 5.49. The van der Waals surface area contributed by atoms with Crippen LogP contribution in [-0.4, -0.2) is 47.5 Å². The highest BCUT2D eigenvalue weighted by molar-refractivity contribution is 6.04. The number of nitrogens with zero attached hydrogens (tertiary/aromatic N) is 4. The second-order valence-electron chi connectivity index (χ2n) is 5.32.